The Morgan fingerprint density at radius 3 is 2.69 bits per heavy atom. The van der Waals surface area contributed by atoms with Gasteiger partial charge in [0.1, 0.15) is 22.7 Å². The Morgan fingerprint density at radius 2 is 1.94 bits per heavy atom. The van der Waals surface area contributed by atoms with Gasteiger partial charge in [-0.1, -0.05) is 24.1 Å². The van der Waals surface area contributed by atoms with Gasteiger partial charge in [0, 0.05) is 42.8 Å². The van der Waals surface area contributed by atoms with Crippen molar-refractivity contribution in [2.45, 2.75) is 13.8 Å². The number of hydrogen-bond donors (Lipinski definition) is 1. The minimum Gasteiger partial charge on any atom is -0.382 e. The molecule has 1 aliphatic heterocycles. The van der Waals surface area contributed by atoms with Crippen LogP contribution in [0.2, 0.25) is 0 Å². The van der Waals surface area contributed by atoms with Crippen molar-refractivity contribution >= 4 is 29.0 Å². The number of pyridine rings is 1. The normalized spacial score (nSPS) is 13.1. The zero-order chi connectivity index (χ0) is 24.5. The Morgan fingerprint density at radius 1 is 1.09 bits per heavy atom. The van der Waals surface area contributed by atoms with Gasteiger partial charge in [-0.15, -0.1) is 0 Å². The summed E-state index contributed by atoms with van der Waals surface area (Å²) in [7, 11) is 0. The Hall–Kier alpha value is -4.71. The van der Waals surface area contributed by atoms with E-state index in [2.05, 4.69) is 21.8 Å². The first-order chi connectivity index (χ1) is 17.0. The summed E-state index contributed by atoms with van der Waals surface area (Å²) in [6, 6.07) is 10.8. The fourth-order valence-electron chi connectivity index (χ4n) is 4.28. The number of hydrogen-bond acceptors (Lipinski definition) is 7. The molecule has 0 saturated carbocycles. The van der Waals surface area contributed by atoms with Crippen LogP contribution in [0.15, 0.2) is 55.0 Å². The van der Waals surface area contributed by atoms with Crippen LogP contribution in [-0.4, -0.2) is 55.7 Å². The van der Waals surface area contributed by atoms with Crippen molar-refractivity contribution in [2.24, 2.45) is 0 Å². The maximum atomic E-state index is 12.9. The van der Waals surface area contributed by atoms with Gasteiger partial charge >= 0.3 is 0 Å². The zero-order valence-corrected chi connectivity index (χ0v) is 19.4. The number of anilines is 2. The molecule has 0 radical (unpaired) electrons. The predicted molar refractivity (Wildman–Crippen MR) is 133 cm³/mol. The SMILES string of the molecule is CC#CC(=O)N1CCN(c2nc(-c3ccc(C(=O)c4ccccn4)c(C)c3)c3c(N)nccn23)C1. The van der Waals surface area contributed by atoms with Crippen molar-refractivity contribution in [2.75, 3.05) is 30.4 Å². The van der Waals surface area contributed by atoms with Gasteiger partial charge in [-0.3, -0.25) is 19.0 Å². The number of nitrogen functional groups attached to an aromatic ring is 1. The van der Waals surface area contributed by atoms with E-state index in [0.29, 0.717) is 54.0 Å². The van der Waals surface area contributed by atoms with Crippen LogP contribution in [0.25, 0.3) is 16.8 Å². The minimum absolute atomic E-state index is 0.136. The third-order valence-electron chi connectivity index (χ3n) is 5.99. The average Bonchev–Trinajstić information content (AvgIpc) is 3.50. The summed E-state index contributed by atoms with van der Waals surface area (Å²) in [4.78, 5) is 42.2. The van der Waals surface area contributed by atoms with Crippen LogP contribution in [0.1, 0.15) is 28.5 Å². The molecule has 4 aromatic rings. The van der Waals surface area contributed by atoms with E-state index >= 15 is 0 Å². The first-order valence-corrected chi connectivity index (χ1v) is 11.1. The largest absolute Gasteiger partial charge is 0.382 e. The molecule has 0 bridgehead atoms. The summed E-state index contributed by atoms with van der Waals surface area (Å²) < 4.78 is 1.89. The second-order valence-electron chi connectivity index (χ2n) is 8.21. The fourth-order valence-corrected chi connectivity index (χ4v) is 4.28. The van der Waals surface area contributed by atoms with Crippen LogP contribution in [0.5, 0.6) is 0 Å². The summed E-state index contributed by atoms with van der Waals surface area (Å²) in [6.45, 7) is 5.09. The highest BCUT2D eigenvalue weighted by Crippen LogP contribution is 2.33. The molecule has 3 aromatic heterocycles. The molecule has 1 fully saturated rings. The monoisotopic (exact) mass is 465 g/mol. The molecule has 0 atom stereocenters. The number of benzene rings is 1. The number of imidazole rings is 1. The van der Waals surface area contributed by atoms with Gasteiger partial charge in [0.2, 0.25) is 11.7 Å². The molecule has 0 spiro atoms. The van der Waals surface area contributed by atoms with E-state index in [1.54, 1.807) is 54.7 Å². The number of rotatable bonds is 4. The third-order valence-corrected chi connectivity index (χ3v) is 5.99. The molecule has 0 aliphatic carbocycles. The number of ketones is 1. The van der Waals surface area contributed by atoms with Crippen molar-refractivity contribution in [1.82, 2.24) is 24.3 Å². The van der Waals surface area contributed by atoms with Crippen molar-refractivity contribution < 1.29 is 9.59 Å². The van der Waals surface area contributed by atoms with Gasteiger partial charge < -0.3 is 15.5 Å². The number of nitrogens with two attached hydrogens (primary N) is 1. The quantitative estimate of drug-likeness (QED) is 0.364. The lowest BCUT2D eigenvalue weighted by molar-refractivity contribution is -0.124. The molecule has 1 aromatic carbocycles. The van der Waals surface area contributed by atoms with Crippen LogP contribution in [-0.2, 0) is 4.79 Å². The van der Waals surface area contributed by atoms with E-state index in [0.717, 1.165) is 11.1 Å². The fraction of sp³-hybridized carbons (Fsp3) is 0.192. The lowest BCUT2D eigenvalue weighted by Gasteiger charge is -2.17. The third kappa shape index (κ3) is 3.95. The van der Waals surface area contributed by atoms with Crippen LogP contribution in [0.4, 0.5) is 11.8 Å². The van der Waals surface area contributed by atoms with Crippen molar-refractivity contribution in [3.8, 4) is 23.1 Å². The number of aryl methyl sites for hydroxylation is 1. The molecule has 35 heavy (non-hydrogen) atoms. The number of nitrogens with zero attached hydrogens (tertiary/aromatic N) is 6. The van der Waals surface area contributed by atoms with Crippen LogP contribution in [0.3, 0.4) is 0 Å². The highest BCUT2D eigenvalue weighted by molar-refractivity contribution is 6.09. The van der Waals surface area contributed by atoms with Gasteiger partial charge in [0.25, 0.3) is 5.91 Å². The number of amides is 1. The number of carbonyl (C=O) groups is 2. The molecule has 9 heteroatoms. The molecule has 1 amide bonds. The number of aromatic nitrogens is 4. The molecule has 2 N–H and O–H groups in total. The number of carbonyl (C=O) groups excluding carboxylic acids is 2. The van der Waals surface area contributed by atoms with Crippen molar-refractivity contribution in [1.29, 1.82) is 0 Å². The Kier molecular flexibility index (Phi) is 5.63. The molecule has 0 unspecified atom stereocenters. The van der Waals surface area contributed by atoms with E-state index in [1.807, 2.05) is 28.4 Å². The molecule has 4 heterocycles. The van der Waals surface area contributed by atoms with Crippen molar-refractivity contribution in [3.63, 3.8) is 0 Å². The van der Waals surface area contributed by atoms with Crippen molar-refractivity contribution in [3.05, 3.63) is 71.8 Å². The second kappa shape index (κ2) is 8.91. The maximum absolute atomic E-state index is 12.9. The van der Waals surface area contributed by atoms with Gasteiger partial charge in [-0.05, 0) is 43.5 Å². The summed E-state index contributed by atoms with van der Waals surface area (Å²) >= 11 is 0. The predicted octanol–water partition coefficient (Wildman–Crippen LogP) is 2.54. The Balaban J connectivity index is 1.54. The molecule has 5 rings (SSSR count). The van der Waals surface area contributed by atoms with Crippen LogP contribution >= 0.6 is 0 Å². The van der Waals surface area contributed by atoms with E-state index in [-0.39, 0.29) is 11.7 Å². The Labute approximate surface area is 202 Å². The van der Waals surface area contributed by atoms with Gasteiger partial charge in [0.05, 0.1) is 6.67 Å². The summed E-state index contributed by atoms with van der Waals surface area (Å²) in [5.74, 6) is 5.91. The smallest absolute Gasteiger partial charge is 0.299 e. The zero-order valence-electron chi connectivity index (χ0n) is 19.4. The van der Waals surface area contributed by atoms with E-state index in [9.17, 15) is 9.59 Å². The molecule has 174 valence electrons. The standard InChI is InChI=1S/C26H23N7O2/c1-3-6-21(34)31-13-14-32(16-31)26-30-22(23-25(27)29-11-12-33(23)26)18-8-9-19(17(2)15-18)24(35)20-7-4-5-10-28-20/h4-5,7-12,15H,13-14,16H2,1-2H3,(H2,27,29). The summed E-state index contributed by atoms with van der Waals surface area (Å²) in [5.41, 5.74) is 10.2. The van der Waals surface area contributed by atoms with E-state index < -0.39 is 0 Å². The van der Waals surface area contributed by atoms with E-state index in [4.69, 9.17) is 10.7 Å². The molecule has 1 saturated heterocycles. The average molecular weight is 466 g/mol. The summed E-state index contributed by atoms with van der Waals surface area (Å²) in [5, 5.41) is 0. The first kappa shape index (κ1) is 22.1. The number of fused-ring (bicyclic) bond motifs is 1. The first-order valence-electron chi connectivity index (χ1n) is 11.1. The molecule has 9 nitrogen and oxygen atoms in total. The van der Waals surface area contributed by atoms with E-state index in [1.165, 1.54) is 0 Å². The summed E-state index contributed by atoms with van der Waals surface area (Å²) in [6.07, 6.45) is 5.03. The lowest BCUT2D eigenvalue weighted by Crippen LogP contribution is -2.30. The van der Waals surface area contributed by atoms with Crippen LogP contribution in [0, 0.1) is 18.8 Å². The second-order valence-corrected chi connectivity index (χ2v) is 8.21. The Bertz CT molecular complexity index is 1520. The molecular weight excluding hydrogens is 442 g/mol. The molecule has 1 aliphatic rings. The topological polar surface area (TPSA) is 110 Å². The molecular formula is C26H23N7O2. The lowest BCUT2D eigenvalue weighted by atomic mass is 9.98. The van der Waals surface area contributed by atoms with Gasteiger partial charge in [0.15, 0.2) is 0 Å². The minimum atomic E-state index is -0.207. The van der Waals surface area contributed by atoms with Crippen LogP contribution < -0.4 is 10.6 Å². The van der Waals surface area contributed by atoms with Gasteiger partial charge in [-0.2, -0.15) is 0 Å². The van der Waals surface area contributed by atoms with Gasteiger partial charge in [-0.25, -0.2) is 9.97 Å². The maximum Gasteiger partial charge on any atom is 0.299 e. The highest BCUT2D eigenvalue weighted by atomic mass is 16.2. The highest BCUT2D eigenvalue weighted by Gasteiger charge is 2.28.